The SMILES string of the molecule is CCC(CC)N(CCN)c1ncc(C)cc1Br. The molecule has 0 bridgehead atoms. The largest absolute Gasteiger partial charge is 0.351 e. The summed E-state index contributed by atoms with van der Waals surface area (Å²) in [7, 11) is 0. The molecule has 0 unspecified atom stereocenters. The van der Waals surface area contributed by atoms with Crippen molar-refractivity contribution in [1.29, 1.82) is 0 Å². The van der Waals surface area contributed by atoms with Gasteiger partial charge in [-0.1, -0.05) is 13.8 Å². The van der Waals surface area contributed by atoms with Gasteiger partial charge in [-0.15, -0.1) is 0 Å². The molecule has 1 aromatic heterocycles. The van der Waals surface area contributed by atoms with Gasteiger partial charge in [0.05, 0.1) is 4.47 Å². The van der Waals surface area contributed by atoms with Gasteiger partial charge < -0.3 is 10.6 Å². The number of aromatic nitrogens is 1. The van der Waals surface area contributed by atoms with E-state index in [1.54, 1.807) is 0 Å². The summed E-state index contributed by atoms with van der Waals surface area (Å²) >= 11 is 3.60. The first-order valence-corrected chi connectivity index (χ1v) is 7.02. The third-order valence-electron chi connectivity index (χ3n) is 2.98. The molecular formula is C13H22BrN3. The molecule has 1 aromatic rings. The molecule has 0 aromatic carbocycles. The Morgan fingerprint density at radius 1 is 1.41 bits per heavy atom. The summed E-state index contributed by atoms with van der Waals surface area (Å²) in [4.78, 5) is 6.85. The standard InChI is InChI=1S/C13H22BrN3/c1-4-11(5-2)17(7-6-15)13-12(14)8-10(3)9-16-13/h8-9,11H,4-7,15H2,1-3H3. The van der Waals surface area contributed by atoms with Gasteiger partial charge in [0.15, 0.2) is 0 Å². The molecule has 3 nitrogen and oxygen atoms in total. The molecule has 0 fully saturated rings. The van der Waals surface area contributed by atoms with Crippen LogP contribution in [0.5, 0.6) is 0 Å². The maximum Gasteiger partial charge on any atom is 0.143 e. The molecule has 0 atom stereocenters. The van der Waals surface area contributed by atoms with E-state index in [2.05, 4.69) is 45.7 Å². The van der Waals surface area contributed by atoms with Crippen molar-refractivity contribution < 1.29 is 0 Å². The van der Waals surface area contributed by atoms with Gasteiger partial charge in [-0.05, 0) is 47.3 Å². The van der Waals surface area contributed by atoms with Gasteiger partial charge >= 0.3 is 0 Å². The maximum absolute atomic E-state index is 5.71. The highest BCUT2D eigenvalue weighted by Gasteiger charge is 2.18. The maximum atomic E-state index is 5.71. The van der Waals surface area contributed by atoms with Crippen LogP contribution in [-0.2, 0) is 0 Å². The van der Waals surface area contributed by atoms with Gasteiger partial charge in [0, 0.05) is 25.3 Å². The lowest BCUT2D eigenvalue weighted by Gasteiger charge is -2.32. The molecule has 2 N–H and O–H groups in total. The smallest absolute Gasteiger partial charge is 0.143 e. The fourth-order valence-electron chi connectivity index (χ4n) is 2.07. The second kappa shape index (κ2) is 6.97. The number of nitrogens with two attached hydrogens (primary N) is 1. The lowest BCUT2D eigenvalue weighted by Crippen LogP contribution is -2.39. The zero-order valence-electron chi connectivity index (χ0n) is 10.9. The Bertz CT molecular complexity index is 351. The topological polar surface area (TPSA) is 42.1 Å². The fraction of sp³-hybridized carbons (Fsp3) is 0.615. The van der Waals surface area contributed by atoms with Crippen molar-refractivity contribution in [3.8, 4) is 0 Å². The van der Waals surface area contributed by atoms with Crippen molar-refractivity contribution >= 4 is 21.7 Å². The molecule has 0 spiro atoms. The lowest BCUT2D eigenvalue weighted by molar-refractivity contribution is 0.553. The number of pyridine rings is 1. The van der Waals surface area contributed by atoms with E-state index in [-0.39, 0.29) is 0 Å². The number of halogens is 1. The quantitative estimate of drug-likeness (QED) is 0.877. The Kier molecular flexibility index (Phi) is 5.92. The molecular weight excluding hydrogens is 278 g/mol. The highest BCUT2D eigenvalue weighted by atomic mass is 79.9. The third-order valence-corrected chi connectivity index (χ3v) is 3.57. The minimum Gasteiger partial charge on any atom is -0.351 e. The third kappa shape index (κ3) is 3.68. The van der Waals surface area contributed by atoms with Crippen LogP contribution in [-0.4, -0.2) is 24.1 Å². The molecule has 1 heterocycles. The van der Waals surface area contributed by atoms with Crippen LogP contribution in [0.25, 0.3) is 0 Å². The van der Waals surface area contributed by atoms with Crippen LogP contribution >= 0.6 is 15.9 Å². The van der Waals surface area contributed by atoms with E-state index in [4.69, 9.17) is 5.73 Å². The van der Waals surface area contributed by atoms with Gasteiger partial charge in [-0.2, -0.15) is 0 Å². The summed E-state index contributed by atoms with van der Waals surface area (Å²) in [6.45, 7) is 7.96. The summed E-state index contributed by atoms with van der Waals surface area (Å²) in [6.07, 6.45) is 4.13. The number of aryl methyl sites for hydroxylation is 1. The average Bonchev–Trinajstić information content (AvgIpc) is 2.30. The van der Waals surface area contributed by atoms with Gasteiger partial charge in [-0.3, -0.25) is 0 Å². The Hall–Kier alpha value is -0.610. The van der Waals surface area contributed by atoms with E-state index in [9.17, 15) is 0 Å². The first kappa shape index (κ1) is 14.5. The molecule has 0 saturated heterocycles. The van der Waals surface area contributed by atoms with Crippen LogP contribution in [0.3, 0.4) is 0 Å². The molecule has 0 saturated carbocycles. The van der Waals surface area contributed by atoms with E-state index in [1.807, 2.05) is 13.1 Å². The number of anilines is 1. The van der Waals surface area contributed by atoms with Crippen LogP contribution in [0.2, 0.25) is 0 Å². The van der Waals surface area contributed by atoms with E-state index < -0.39 is 0 Å². The second-order valence-corrected chi connectivity index (χ2v) is 5.12. The molecule has 1 rings (SSSR count). The molecule has 0 aliphatic carbocycles. The van der Waals surface area contributed by atoms with Crippen molar-refractivity contribution in [3.63, 3.8) is 0 Å². The van der Waals surface area contributed by atoms with Crippen LogP contribution in [0.15, 0.2) is 16.7 Å². The highest BCUT2D eigenvalue weighted by molar-refractivity contribution is 9.10. The summed E-state index contributed by atoms with van der Waals surface area (Å²) in [5, 5.41) is 0. The van der Waals surface area contributed by atoms with E-state index in [0.29, 0.717) is 12.6 Å². The summed E-state index contributed by atoms with van der Waals surface area (Å²) in [5.41, 5.74) is 6.87. The minimum atomic E-state index is 0.505. The fourth-order valence-corrected chi connectivity index (χ4v) is 2.76. The Balaban J connectivity index is 3.03. The van der Waals surface area contributed by atoms with Crippen molar-refractivity contribution in [2.45, 2.75) is 39.7 Å². The van der Waals surface area contributed by atoms with Crippen LogP contribution in [0.1, 0.15) is 32.3 Å². The zero-order valence-corrected chi connectivity index (χ0v) is 12.5. The number of hydrogen-bond donors (Lipinski definition) is 1. The van der Waals surface area contributed by atoms with Crippen LogP contribution < -0.4 is 10.6 Å². The number of nitrogens with zero attached hydrogens (tertiary/aromatic N) is 2. The second-order valence-electron chi connectivity index (χ2n) is 4.27. The van der Waals surface area contributed by atoms with E-state index >= 15 is 0 Å². The Morgan fingerprint density at radius 3 is 2.53 bits per heavy atom. The summed E-state index contributed by atoms with van der Waals surface area (Å²) < 4.78 is 1.05. The van der Waals surface area contributed by atoms with Gasteiger partial charge in [0.1, 0.15) is 5.82 Å². The molecule has 0 amide bonds. The first-order chi connectivity index (χ1) is 8.13. The van der Waals surface area contributed by atoms with Gasteiger partial charge in [-0.25, -0.2) is 4.98 Å². The Labute approximate surface area is 113 Å². The molecule has 0 aliphatic rings. The van der Waals surface area contributed by atoms with Crippen LogP contribution in [0, 0.1) is 6.92 Å². The lowest BCUT2D eigenvalue weighted by atomic mass is 10.1. The molecule has 0 radical (unpaired) electrons. The molecule has 17 heavy (non-hydrogen) atoms. The normalized spacial score (nSPS) is 10.9. The molecule has 0 aliphatic heterocycles. The van der Waals surface area contributed by atoms with Crippen molar-refractivity contribution in [2.75, 3.05) is 18.0 Å². The Morgan fingerprint density at radius 2 is 2.06 bits per heavy atom. The predicted molar refractivity (Wildman–Crippen MR) is 77.4 cm³/mol. The monoisotopic (exact) mass is 299 g/mol. The number of rotatable bonds is 6. The van der Waals surface area contributed by atoms with Gasteiger partial charge in [0.2, 0.25) is 0 Å². The minimum absolute atomic E-state index is 0.505. The molecule has 96 valence electrons. The number of hydrogen-bond acceptors (Lipinski definition) is 3. The van der Waals surface area contributed by atoms with Crippen molar-refractivity contribution in [1.82, 2.24) is 4.98 Å². The zero-order chi connectivity index (χ0) is 12.8. The first-order valence-electron chi connectivity index (χ1n) is 6.22. The summed E-state index contributed by atoms with van der Waals surface area (Å²) in [5.74, 6) is 1.01. The van der Waals surface area contributed by atoms with Gasteiger partial charge in [0.25, 0.3) is 0 Å². The van der Waals surface area contributed by atoms with E-state index in [0.717, 1.165) is 35.2 Å². The molecule has 4 heteroatoms. The summed E-state index contributed by atoms with van der Waals surface area (Å²) in [6, 6.07) is 2.61. The van der Waals surface area contributed by atoms with Crippen LogP contribution in [0.4, 0.5) is 5.82 Å². The predicted octanol–water partition coefficient (Wildman–Crippen LogP) is 3.11. The van der Waals surface area contributed by atoms with E-state index in [1.165, 1.54) is 0 Å². The average molecular weight is 300 g/mol. The van der Waals surface area contributed by atoms with Crippen molar-refractivity contribution in [2.24, 2.45) is 5.73 Å². The highest BCUT2D eigenvalue weighted by Crippen LogP contribution is 2.27. The van der Waals surface area contributed by atoms with Crippen molar-refractivity contribution in [3.05, 3.63) is 22.3 Å².